The van der Waals surface area contributed by atoms with Gasteiger partial charge >= 0.3 is 5.97 Å². The highest BCUT2D eigenvalue weighted by atomic mass is 32.2. The quantitative estimate of drug-likeness (QED) is 0.640. The number of esters is 1. The number of hydrogen-bond donors (Lipinski definition) is 1. The minimum atomic E-state index is -0.802. The van der Waals surface area contributed by atoms with Gasteiger partial charge in [-0.15, -0.1) is 0 Å². The highest BCUT2D eigenvalue weighted by Crippen LogP contribution is 2.38. The van der Waals surface area contributed by atoms with Gasteiger partial charge in [-0.2, -0.15) is 0 Å². The van der Waals surface area contributed by atoms with Crippen LogP contribution >= 0.6 is 11.8 Å². The summed E-state index contributed by atoms with van der Waals surface area (Å²) in [4.78, 5) is 53.0. The summed E-state index contributed by atoms with van der Waals surface area (Å²) < 4.78 is 4.99. The Morgan fingerprint density at radius 1 is 1.06 bits per heavy atom. The van der Waals surface area contributed by atoms with Gasteiger partial charge in [0.2, 0.25) is 11.8 Å². The van der Waals surface area contributed by atoms with E-state index in [4.69, 9.17) is 4.74 Å². The van der Waals surface area contributed by atoms with Crippen LogP contribution < -0.4 is 10.2 Å². The third-order valence-electron chi connectivity index (χ3n) is 6.34. The lowest BCUT2D eigenvalue weighted by Gasteiger charge is -2.37. The maximum Gasteiger partial charge on any atom is 0.328 e. The van der Waals surface area contributed by atoms with E-state index < -0.39 is 23.3 Å². The molecule has 1 N–H and O–H groups in total. The third-order valence-corrected chi connectivity index (χ3v) is 7.33. The molecular weight excluding hydrogens is 452 g/mol. The Labute approximate surface area is 203 Å². The van der Waals surface area contributed by atoms with E-state index in [1.54, 1.807) is 0 Å². The number of methoxy groups -OCH3 is 1. The minimum Gasteiger partial charge on any atom is -0.467 e. The van der Waals surface area contributed by atoms with Crippen molar-refractivity contribution in [3.05, 3.63) is 65.2 Å². The van der Waals surface area contributed by atoms with Gasteiger partial charge in [-0.1, -0.05) is 60.3 Å². The van der Waals surface area contributed by atoms with E-state index in [1.165, 1.54) is 18.9 Å². The number of ether oxygens (including phenoxy) is 1. The Kier molecular flexibility index (Phi) is 7.36. The number of carbonyl (C=O) groups is 4. The molecule has 34 heavy (non-hydrogen) atoms. The first-order valence-electron chi connectivity index (χ1n) is 11.4. The van der Waals surface area contributed by atoms with Crippen molar-refractivity contribution >= 4 is 40.3 Å². The molecule has 2 heterocycles. The normalized spacial score (nSPS) is 20.1. The van der Waals surface area contributed by atoms with Crippen LogP contribution in [0.1, 0.15) is 36.5 Å². The molecule has 1 unspecified atom stereocenters. The minimum absolute atomic E-state index is 0.165. The molecule has 0 spiro atoms. The first-order valence-corrected chi connectivity index (χ1v) is 12.3. The summed E-state index contributed by atoms with van der Waals surface area (Å²) in [5.74, 6) is -1.14. The Morgan fingerprint density at radius 2 is 1.74 bits per heavy atom. The molecule has 0 fully saturated rings. The van der Waals surface area contributed by atoms with Crippen LogP contribution in [0.4, 0.5) is 5.69 Å². The van der Waals surface area contributed by atoms with Crippen LogP contribution in [0.3, 0.4) is 0 Å². The van der Waals surface area contributed by atoms with Gasteiger partial charge in [-0.05, 0) is 48.8 Å². The summed E-state index contributed by atoms with van der Waals surface area (Å²) >= 11 is 0.964. The molecule has 4 rings (SSSR count). The van der Waals surface area contributed by atoms with E-state index in [0.29, 0.717) is 32.1 Å². The summed E-state index contributed by atoms with van der Waals surface area (Å²) in [5, 5.41) is 2.07. The second-order valence-corrected chi connectivity index (χ2v) is 9.98. The number of hydrogen-bond acceptors (Lipinski definition) is 6. The molecule has 7 nitrogen and oxygen atoms in total. The molecule has 2 aliphatic heterocycles. The van der Waals surface area contributed by atoms with Gasteiger partial charge in [-0.25, -0.2) is 4.79 Å². The van der Waals surface area contributed by atoms with Crippen molar-refractivity contribution in [3.8, 4) is 0 Å². The lowest BCUT2D eigenvalue weighted by Crippen LogP contribution is -2.56. The molecular formula is C26H28N2O5S. The molecule has 0 bridgehead atoms. The Bertz CT molecular complexity index is 1100. The highest BCUT2D eigenvalue weighted by molar-refractivity contribution is 8.14. The number of para-hydroxylation sites is 1. The van der Waals surface area contributed by atoms with Gasteiger partial charge in [0.15, 0.2) is 5.12 Å². The SMILES string of the molecule is COC(=O)[C@@H]1CCc2cccc3c2N1C(=O)C(NC(=O)[C@H](Cc1ccccc1)SC(C)=O)CC3. The maximum atomic E-state index is 13.7. The van der Waals surface area contributed by atoms with Crippen LogP contribution in [0, 0.1) is 0 Å². The van der Waals surface area contributed by atoms with Gasteiger partial charge in [0.1, 0.15) is 12.1 Å². The van der Waals surface area contributed by atoms with E-state index in [1.807, 2.05) is 48.5 Å². The number of aryl methyl sites for hydroxylation is 2. The second-order valence-electron chi connectivity index (χ2n) is 8.60. The molecule has 178 valence electrons. The maximum absolute atomic E-state index is 13.7. The smallest absolute Gasteiger partial charge is 0.328 e. The van der Waals surface area contributed by atoms with E-state index >= 15 is 0 Å². The number of carbonyl (C=O) groups excluding carboxylic acids is 4. The first-order chi connectivity index (χ1) is 16.4. The number of benzene rings is 2. The summed E-state index contributed by atoms with van der Waals surface area (Å²) in [6.45, 7) is 1.43. The molecule has 0 saturated carbocycles. The summed E-state index contributed by atoms with van der Waals surface area (Å²) in [6.07, 6.45) is 2.52. The van der Waals surface area contributed by atoms with E-state index in [0.717, 1.165) is 34.1 Å². The molecule has 2 aromatic rings. The Morgan fingerprint density at radius 3 is 2.38 bits per heavy atom. The predicted octanol–water partition coefficient (Wildman–Crippen LogP) is 2.83. The topological polar surface area (TPSA) is 92.8 Å². The highest BCUT2D eigenvalue weighted by Gasteiger charge is 2.42. The van der Waals surface area contributed by atoms with Crippen molar-refractivity contribution in [2.45, 2.75) is 56.4 Å². The van der Waals surface area contributed by atoms with Crippen LogP contribution in [0.25, 0.3) is 0 Å². The summed E-state index contributed by atoms with van der Waals surface area (Å²) in [5.41, 5.74) is 3.70. The third kappa shape index (κ3) is 5.01. The lowest BCUT2D eigenvalue weighted by molar-refractivity contribution is -0.144. The fourth-order valence-corrected chi connectivity index (χ4v) is 5.62. The summed E-state index contributed by atoms with van der Waals surface area (Å²) in [6, 6.07) is 13.9. The van der Waals surface area contributed by atoms with Crippen LogP contribution in [-0.2, 0) is 43.2 Å². The van der Waals surface area contributed by atoms with E-state index in [2.05, 4.69) is 5.32 Å². The number of amides is 2. The molecule has 0 aliphatic carbocycles. The fraction of sp³-hybridized carbons (Fsp3) is 0.385. The zero-order valence-electron chi connectivity index (χ0n) is 19.3. The van der Waals surface area contributed by atoms with Crippen molar-refractivity contribution in [1.82, 2.24) is 5.32 Å². The molecule has 8 heteroatoms. The zero-order chi connectivity index (χ0) is 24.2. The largest absolute Gasteiger partial charge is 0.467 e. The van der Waals surface area contributed by atoms with Crippen LogP contribution in [0.15, 0.2) is 48.5 Å². The molecule has 0 aromatic heterocycles. The monoisotopic (exact) mass is 480 g/mol. The van der Waals surface area contributed by atoms with Crippen molar-refractivity contribution in [2.24, 2.45) is 0 Å². The predicted molar refractivity (Wildman–Crippen MR) is 131 cm³/mol. The van der Waals surface area contributed by atoms with Crippen molar-refractivity contribution in [3.63, 3.8) is 0 Å². The fourth-order valence-electron chi connectivity index (χ4n) is 4.76. The van der Waals surface area contributed by atoms with Crippen molar-refractivity contribution in [1.29, 1.82) is 0 Å². The van der Waals surface area contributed by atoms with Crippen LogP contribution in [-0.4, -0.2) is 47.3 Å². The molecule has 0 radical (unpaired) electrons. The Balaban J connectivity index is 1.60. The average molecular weight is 481 g/mol. The molecule has 0 saturated heterocycles. The number of anilines is 1. The molecule has 2 amide bonds. The number of nitrogens with one attached hydrogen (secondary N) is 1. The zero-order valence-corrected chi connectivity index (χ0v) is 20.1. The van der Waals surface area contributed by atoms with Gasteiger partial charge in [-0.3, -0.25) is 19.3 Å². The van der Waals surface area contributed by atoms with Crippen molar-refractivity contribution < 1.29 is 23.9 Å². The Hall–Kier alpha value is -3.13. The van der Waals surface area contributed by atoms with Crippen LogP contribution in [0.5, 0.6) is 0 Å². The molecule has 2 aliphatic rings. The van der Waals surface area contributed by atoms with Gasteiger partial charge < -0.3 is 10.1 Å². The van der Waals surface area contributed by atoms with Crippen LogP contribution in [0.2, 0.25) is 0 Å². The average Bonchev–Trinajstić information content (AvgIpc) is 2.97. The number of rotatable bonds is 6. The first kappa shape index (κ1) is 24.0. The number of thioether (sulfide) groups is 1. The number of nitrogens with zero attached hydrogens (tertiary/aromatic N) is 1. The van der Waals surface area contributed by atoms with Gasteiger partial charge in [0.05, 0.1) is 18.0 Å². The summed E-state index contributed by atoms with van der Waals surface area (Å²) in [7, 11) is 1.32. The molecule has 3 atom stereocenters. The standard InChI is InChI=1S/C26H28N2O5S/c1-16(29)34-22(15-17-7-4-3-5-8-17)24(30)27-20-13-11-18-9-6-10-19-12-14-21(26(32)33-2)28(23(18)19)25(20)31/h3-10,20-22H,11-15H2,1-2H3,(H,27,30)/t20?,21-,22-/m0/s1. The lowest BCUT2D eigenvalue weighted by atomic mass is 9.92. The van der Waals surface area contributed by atoms with Crippen molar-refractivity contribution in [2.75, 3.05) is 12.0 Å². The van der Waals surface area contributed by atoms with Gasteiger partial charge in [0.25, 0.3) is 0 Å². The molecule has 2 aromatic carbocycles. The second kappa shape index (κ2) is 10.4. The van der Waals surface area contributed by atoms with E-state index in [9.17, 15) is 19.2 Å². The van der Waals surface area contributed by atoms with E-state index in [-0.39, 0.29) is 16.9 Å². The van der Waals surface area contributed by atoms with Gasteiger partial charge in [0, 0.05) is 6.92 Å².